The molecule has 1 unspecified atom stereocenters. The van der Waals surface area contributed by atoms with Gasteiger partial charge in [0, 0.05) is 19.3 Å². The number of carbonyl (C=O) groups excluding carboxylic acids is 3. The summed E-state index contributed by atoms with van der Waals surface area (Å²) in [7, 11) is 0. The van der Waals surface area contributed by atoms with Gasteiger partial charge in [0.25, 0.3) is 0 Å². The molecule has 0 aromatic heterocycles. The standard InChI is InChI=1S/C43H72O6/c1-4-7-10-13-16-19-22-25-27-30-33-36-42(45)48-39-40(49-43(46)37-34-31-28-24-21-18-15-12-9-6-3)38-47-41(44)35-32-29-26-23-20-17-14-11-8-5-2/h7,10,14-19,25,27,40H,4-6,8-9,11-13,20-24,26,28-39H2,1-3H3/b10-7-,17-14-,18-15-,19-16-,27-25-. The Hall–Kier alpha value is -2.89. The molecule has 0 aromatic rings. The summed E-state index contributed by atoms with van der Waals surface area (Å²) in [5.41, 5.74) is 0. The Balaban J connectivity index is 4.50. The first kappa shape index (κ1) is 46.1. The van der Waals surface area contributed by atoms with Gasteiger partial charge in [0.15, 0.2) is 6.10 Å². The molecule has 0 saturated heterocycles. The summed E-state index contributed by atoms with van der Waals surface area (Å²) in [5.74, 6) is -0.997. The quantitative estimate of drug-likeness (QED) is 0.0290. The summed E-state index contributed by atoms with van der Waals surface area (Å²) in [6.45, 7) is 6.32. The Morgan fingerprint density at radius 1 is 0.429 bits per heavy atom. The fourth-order valence-corrected chi connectivity index (χ4v) is 4.95. The number of rotatable bonds is 34. The van der Waals surface area contributed by atoms with Gasteiger partial charge in [-0.25, -0.2) is 0 Å². The molecule has 0 aliphatic heterocycles. The number of hydrogen-bond acceptors (Lipinski definition) is 6. The molecule has 0 saturated carbocycles. The van der Waals surface area contributed by atoms with Crippen molar-refractivity contribution in [1.29, 1.82) is 0 Å². The van der Waals surface area contributed by atoms with Crippen molar-refractivity contribution >= 4 is 17.9 Å². The number of hydrogen-bond donors (Lipinski definition) is 0. The molecule has 0 fully saturated rings. The summed E-state index contributed by atoms with van der Waals surface area (Å²) in [4.78, 5) is 37.4. The zero-order valence-electron chi connectivity index (χ0n) is 31.7. The van der Waals surface area contributed by atoms with E-state index in [4.69, 9.17) is 14.2 Å². The summed E-state index contributed by atoms with van der Waals surface area (Å²) < 4.78 is 16.5. The predicted molar refractivity (Wildman–Crippen MR) is 205 cm³/mol. The highest BCUT2D eigenvalue weighted by molar-refractivity contribution is 5.71. The van der Waals surface area contributed by atoms with Crippen molar-refractivity contribution in [3.05, 3.63) is 60.8 Å². The van der Waals surface area contributed by atoms with Crippen LogP contribution in [0.4, 0.5) is 0 Å². The first-order valence-electron chi connectivity index (χ1n) is 19.8. The number of ether oxygens (including phenoxy) is 3. The minimum Gasteiger partial charge on any atom is -0.462 e. The zero-order chi connectivity index (χ0) is 35.9. The Morgan fingerprint density at radius 2 is 0.816 bits per heavy atom. The summed E-state index contributed by atoms with van der Waals surface area (Å²) in [6.07, 6.45) is 43.6. The van der Waals surface area contributed by atoms with Crippen LogP contribution in [0.15, 0.2) is 60.8 Å². The predicted octanol–water partition coefficient (Wildman–Crippen LogP) is 12.2. The van der Waals surface area contributed by atoms with E-state index in [2.05, 4.69) is 81.5 Å². The van der Waals surface area contributed by atoms with Gasteiger partial charge in [-0.15, -0.1) is 0 Å². The van der Waals surface area contributed by atoms with Crippen LogP contribution in [-0.2, 0) is 28.6 Å². The van der Waals surface area contributed by atoms with Crippen molar-refractivity contribution < 1.29 is 28.6 Å². The normalized spacial score (nSPS) is 12.6. The lowest BCUT2D eigenvalue weighted by Crippen LogP contribution is -2.30. The molecular weight excluding hydrogens is 612 g/mol. The molecule has 0 N–H and O–H groups in total. The van der Waals surface area contributed by atoms with E-state index in [0.29, 0.717) is 19.3 Å². The maximum atomic E-state index is 12.6. The van der Waals surface area contributed by atoms with Gasteiger partial charge >= 0.3 is 17.9 Å². The minimum atomic E-state index is -0.799. The second-order valence-electron chi connectivity index (χ2n) is 12.8. The van der Waals surface area contributed by atoms with Crippen molar-refractivity contribution in [3.63, 3.8) is 0 Å². The van der Waals surface area contributed by atoms with Crippen LogP contribution in [0.25, 0.3) is 0 Å². The summed E-state index contributed by atoms with van der Waals surface area (Å²) >= 11 is 0. The van der Waals surface area contributed by atoms with Gasteiger partial charge in [0.05, 0.1) is 0 Å². The highest BCUT2D eigenvalue weighted by atomic mass is 16.6. The smallest absolute Gasteiger partial charge is 0.306 e. The first-order chi connectivity index (χ1) is 24.0. The molecule has 0 radical (unpaired) electrons. The second-order valence-corrected chi connectivity index (χ2v) is 12.8. The molecule has 0 amide bonds. The highest BCUT2D eigenvalue weighted by Crippen LogP contribution is 2.11. The lowest BCUT2D eigenvalue weighted by atomic mass is 10.1. The molecule has 6 heteroatoms. The van der Waals surface area contributed by atoms with E-state index in [9.17, 15) is 14.4 Å². The number of esters is 3. The van der Waals surface area contributed by atoms with Crippen LogP contribution in [0.3, 0.4) is 0 Å². The molecule has 0 aliphatic carbocycles. The Morgan fingerprint density at radius 3 is 1.33 bits per heavy atom. The molecule has 0 rings (SSSR count). The Kier molecular flexibility index (Phi) is 35.7. The molecule has 6 nitrogen and oxygen atoms in total. The fourth-order valence-electron chi connectivity index (χ4n) is 4.95. The van der Waals surface area contributed by atoms with E-state index in [1.165, 1.54) is 25.7 Å². The maximum absolute atomic E-state index is 12.6. The third-order valence-electron chi connectivity index (χ3n) is 7.98. The molecular formula is C43H72O6. The molecule has 0 bridgehead atoms. The van der Waals surface area contributed by atoms with Crippen LogP contribution >= 0.6 is 0 Å². The monoisotopic (exact) mass is 685 g/mol. The van der Waals surface area contributed by atoms with E-state index in [1.807, 2.05) is 0 Å². The average molecular weight is 685 g/mol. The van der Waals surface area contributed by atoms with Crippen molar-refractivity contribution in [3.8, 4) is 0 Å². The van der Waals surface area contributed by atoms with E-state index < -0.39 is 6.10 Å². The molecule has 0 aromatic carbocycles. The fraction of sp³-hybridized carbons (Fsp3) is 0.698. The summed E-state index contributed by atoms with van der Waals surface area (Å²) in [5, 5.41) is 0. The van der Waals surface area contributed by atoms with Gasteiger partial charge in [0.1, 0.15) is 13.2 Å². The molecule has 0 aliphatic rings. The van der Waals surface area contributed by atoms with Gasteiger partial charge in [-0.2, -0.15) is 0 Å². The average Bonchev–Trinajstić information content (AvgIpc) is 3.10. The lowest BCUT2D eigenvalue weighted by Gasteiger charge is -2.18. The highest BCUT2D eigenvalue weighted by Gasteiger charge is 2.19. The first-order valence-corrected chi connectivity index (χ1v) is 19.8. The van der Waals surface area contributed by atoms with Crippen LogP contribution < -0.4 is 0 Å². The van der Waals surface area contributed by atoms with Gasteiger partial charge < -0.3 is 14.2 Å². The van der Waals surface area contributed by atoms with Gasteiger partial charge in [-0.1, -0.05) is 133 Å². The molecule has 0 spiro atoms. The van der Waals surface area contributed by atoms with E-state index in [1.54, 1.807) is 0 Å². The van der Waals surface area contributed by atoms with Gasteiger partial charge in [-0.3, -0.25) is 14.4 Å². The Bertz CT molecular complexity index is 929. The van der Waals surface area contributed by atoms with Crippen molar-refractivity contribution in [2.45, 2.75) is 181 Å². The molecule has 280 valence electrons. The van der Waals surface area contributed by atoms with Gasteiger partial charge in [0.2, 0.25) is 0 Å². The number of allylic oxidation sites excluding steroid dienone is 10. The molecule has 1 atom stereocenters. The minimum absolute atomic E-state index is 0.102. The second kappa shape index (κ2) is 37.9. The molecule has 49 heavy (non-hydrogen) atoms. The van der Waals surface area contributed by atoms with Crippen molar-refractivity contribution in [2.24, 2.45) is 0 Å². The van der Waals surface area contributed by atoms with Crippen LogP contribution in [0.5, 0.6) is 0 Å². The number of unbranched alkanes of at least 4 members (excludes halogenated alkanes) is 13. The van der Waals surface area contributed by atoms with E-state index in [-0.39, 0.29) is 37.5 Å². The molecule has 0 heterocycles. The van der Waals surface area contributed by atoms with Crippen molar-refractivity contribution in [2.75, 3.05) is 13.2 Å². The van der Waals surface area contributed by atoms with Crippen LogP contribution in [0.2, 0.25) is 0 Å². The van der Waals surface area contributed by atoms with E-state index in [0.717, 1.165) is 103 Å². The third-order valence-corrected chi connectivity index (χ3v) is 7.98. The SMILES string of the molecule is CC/C=C\C/C=C\C/C=C\CCCC(=O)OCC(COC(=O)CCCCCC/C=C\CCCC)OC(=O)CCCCCC/C=C\CCCC. The maximum Gasteiger partial charge on any atom is 0.306 e. The lowest BCUT2D eigenvalue weighted by molar-refractivity contribution is -0.167. The van der Waals surface area contributed by atoms with E-state index >= 15 is 0 Å². The summed E-state index contributed by atoms with van der Waals surface area (Å²) in [6, 6.07) is 0. The van der Waals surface area contributed by atoms with Gasteiger partial charge in [-0.05, 0) is 83.5 Å². The van der Waals surface area contributed by atoms with Crippen molar-refractivity contribution in [1.82, 2.24) is 0 Å². The largest absolute Gasteiger partial charge is 0.462 e. The van der Waals surface area contributed by atoms with Crippen LogP contribution in [0.1, 0.15) is 175 Å². The van der Waals surface area contributed by atoms with Crippen LogP contribution in [-0.4, -0.2) is 37.2 Å². The number of carbonyl (C=O) groups is 3. The topological polar surface area (TPSA) is 78.9 Å². The third kappa shape index (κ3) is 36.2. The Labute approximate surface area is 300 Å². The zero-order valence-corrected chi connectivity index (χ0v) is 31.7. The van der Waals surface area contributed by atoms with Crippen LogP contribution in [0, 0.1) is 0 Å².